The average Bonchev–Trinajstić information content (AvgIpc) is 2.56. The van der Waals surface area contributed by atoms with Crippen molar-refractivity contribution in [2.45, 2.75) is 6.92 Å². The normalized spacial score (nSPS) is 10.6. The summed E-state index contributed by atoms with van der Waals surface area (Å²) >= 11 is 12.1. The summed E-state index contributed by atoms with van der Waals surface area (Å²) < 4.78 is 4.89. The van der Waals surface area contributed by atoms with Crippen LogP contribution in [0, 0.1) is 0 Å². The topological polar surface area (TPSA) is 55.4 Å². The van der Waals surface area contributed by atoms with E-state index < -0.39 is 5.97 Å². The third-order valence-electron chi connectivity index (χ3n) is 3.06. The van der Waals surface area contributed by atoms with Crippen LogP contribution in [0.25, 0.3) is 6.08 Å². The molecular formula is C18H15Cl2NO3. The average molecular weight is 364 g/mol. The monoisotopic (exact) mass is 363 g/mol. The summed E-state index contributed by atoms with van der Waals surface area (Å²) in [5.41, 5.74) is 1.46. The minimum Gasteiger partial charge on any atom is -0.462 e. The number of carbonyl (C=O) groups excluding carboxylic acids is 2. The number of halogens is 2. The lowest BCUT2D eigenvalue weighted by Gasteiger charge is -2.07. The number of esters is 1. The summed E-state index contributed by atoms with van der Waals surface area (Å²) in [4.78, 5) is 23.6. The minimum atomic E-state index is -0.462. The highest BCUT2D eigenvalue weighted by Gasteiger charge is 2.10. The van der Waals surface area contributed by atoms with Crippen molar-refractivity contribution in [3.05, 3.63) is 69.7 Å². The Kier molecular flexibility index (Phi) is 6.41. The first-order chi connectivity index (χ1) is 11.5. The first kappa shape index (κ1) is 18.0. The van der Waals surface area contributed by atoms with Gasteiger partial charge in [0.1, 0.15) is 0 Å². The van der Waals surface area contributed by atoms with Gasteiger partial charge in [-0.1, -0.05) is 41.4 Å². The van der Waals surface area contributed by atoms with E-state index >= 15 is 0 Å². The van der Waals surface area contributed by atoms with Gasteiger partial charge in [0.2, 0.25) is 5.91 Å². The van der Waals surface area contributed by atoms with E-state index in [1.807, 2.05) is 12.1 Å². The number of rotatable bonds is 5. The number of nitrogens with one attached hydrogen (secondary N) is 1. The molecule has 2 rings (SSSR count). The van der Waals surface area contributed by atoms with Crippen molar-refractivity contribution in [1.29, 1.82) is 0 Å². The molecule has 2 aromatic carbocycles. The SMILES string of the molecule is CCOC(=O)c1ccc(NC(=O)/C=C/c2ccccc2Cl)c(Cl)c1. The fraction of sp³-hybridized carbons (Fsp3) is 0.111. The summed E-state index contributed by atoms with van der Waals surface area (Å²) in [6.45, 7) is 2.00. The van der Waals surface area contributed by atoms with Gasteiger partial charge >= 0.3 is 5.97 Å². The van der Waals surface area contributed by atoms with Gasteiger partial charge in [0.15, 0.2) is 0 Å². The van der Waals surface area contributed by atoms with Crippen molar-refractivity contribution in [1.82, 2.24) is 0 Å². The smallest absolute Gasteiger partial charge is 0.338 e. The van der Waals surface area contributed by atoms with Gasteiger partial charge in [-0.05, 0) is 42.8 Å². The molecule has 0 aliphatic rings. The summed E-state index contributed by atoms with van der Waals surface area (Å²) in [7, 11) is 0. The third-order valence-corrected chi connectivity index (χ3v) is 3.71. The molecule has 124 valence electrons. The van der Waals surface area contributed by atoms with Gasteiger partial charge < -0.3 is 10.1 Å². The fourth-order valence-corrected chi connectivity index (χ4v) is 2.33. The molecule has 0 atom stereocenters. The molecule has 6 heteroatoms. The van der Waals surface area contributed by atoms with Crippen LogP contribution in [0.5, 0.6) is 0 Å². The Balaban J connectivity index is 2.06. The highest BCUT2D eigenvalue weighted by atomic mass is 35.5. The summed E-state index contributed by atoms with van der Waals surface area (Å²) in [6, 6.07) is 11.7. The maximum absolute atomic E-state index is 12.0. The second-order valence-corrected chi connectivity index (χ2v) is 5.57. The lowest BCUT2D eigenvalue weighted by molar-refractivity contribution is -0.111. The third kappa shape index (κ3) is 4.85. The van der Waals surface area contributed by atoms with Crippen molar-refractivity contribution in [2.24, 2.45) is 0 Å². The van der Waals surface area contributed by atoms with Crippen molar-refractivity contribution >= 4 is 46.8 Å². The molecule has 0 fully saturated rings. The minimum absolute atomic E-state index is 0.250. The van der Waals surface area contributed by atoms with Gasteiger partial charge in [0.25, 0.3) is 0 Å². The van der Waals surface area contributed by atoms with E-state index in [0.717, 1.165) is 5.56 Å². The molecule has 0 radical (unpaired) electrons. The Hall–Kier alpha value is -2.30. The van der Waals surface area contributed by atoms with Crippen LogP contribution in [0.3, 0.4) is 0 Å². The van der Waals surface area contributed by atoms with Crippen LogP contribution < -0.4 is 5.32 Å². The highest BCUT2D eigenvalue weighted by molar-refractivity contribution is 6.34. The molecule has 24 heavy (non-hydrogen) atoms. The molecule has 0 aliphatic heterocycles. The fourth-order valence-electron chi connectivity index (χ4n) is 1.91. The summed E-state index contributed by atoms with van der Waals surface area (Å²) in [5.74, 6) is -0.823. The Morgan fingerprint density at radius 3 is 2.54 bits per heavy atom. The number of ether oxygens (including phenoxy) is 1. The Morgan fingerprint density at radius 1 is 1.12 bits per heavy atom. The first-order valence-electron chi connectivity index (χ1n) is 7.21. The number of benzene rings is 2. The molecule has 1 N–H and O–H groups in total. The van der Waals surface area contributed by atoms with Gasteiger partial charge in [-0.2, -0.15) is 0 Å². The number of carbonyl (C=O) groups is 2. The molecule has 0 spiro atoms. The maximum atomic E-state index is 12.0. The molecular weight excluding hydrogens is 349 g/mol. The Bertz CT molecular complexity index is 788. The summed E-state index contributed by atoms with van der Waals surface area (Å²) in [6.07, 6.45) is 2.97. The van der Waals surface area contributed by atoms with E-state index in [-0.39, 0.29) is 17.5 Å². The molecule has 0 heterocycles. The molecule has 0 saturated heterocycles. The molecule has 0 unspecified atom stereocenters. The molecule has 0 aliphatic carbocycles. The molecule has 0 bridgehead atoms. The predicted octanol–water partition coefficient (Wildman–Crippen LogP) is 4.82. The Labute approximate surface area is 150 Å². The van der Waals surface area contributed by atoms with E-state index in [1.54, 1.807) is 31.2 Å². The molecule has 0 aromatic heterocycles. The molecule has 2 aromatic rings. The quantitative estimate of drug-likeness (QED) is 0.611. The number of amides is 1. The van der Waals surface area contributed by atoms with Crippen LogP contribution >= 0.6 is 23.2 Å². The van der Waals surface area contributed by atoms with E-state index in [1.165, 1.54) is 18.2 Å². The molecule has 1 amide bonds. The lowest BCUT2D eigenvalue weighted by atomic mass is 10.2. The number of hydrogen-bond acceptors (Lipinski definition) is 3. The van der Waals surface area contributed by atoms with E-state index in [9.17, 15) is 9.59 Å². The van der Waals surface area contributed by atoms with Crippen LogP contribution in [0.2, 0.25) is 10.0 Å². The second kappa shape index (κ2) is 8.52. The number of anilines is 1. The first-order valence-corrected chi connectivity index (χ1v) is 7.97. The maximum Gasteiger partial charge on any atom is 0.338 e. The highest BCUT2D eigenvalue weighted by Crippen LogP contribution is 2.24. The van der Waals surface area contributed by atoms with Crippen LogP contribution in [0.1, 0.15) is 22.8 Å². The molecule has 0 saturated carbocycles. The van der Waals surface area contributed by atoms with Crippen molar-refractivity contribution < 1.29 is 14.3 Å². The summed E-state index contributed by atoms with van der Waals surface area (Å²) in [5, 5.41) is 3.45. The van der Waals surface area contributed by atoms with Crippen molar-refractivity contribution in [3.8, 4) is 0 Å². The molecule has 4 nitrogen and oxygen atoms in total. The Morgan fingerprint density at radius 2 is 1.88 bits per heavy atom. The van der Waals surface area contributed by atoms with Crippen LogP contribution in [0.4, 0.5) is 5.69 Å². The van der Waals surface area contributed by atoms with E-state index in [0.29, 0.717) is 16.3 Å². The van der Waals surface area contributed by atoms with Crippen molar-refractivity contribution in [2.75, 3.05) is 11.9 Å². The zero-order valence-electron chi connectivity index (χ0n) is 12.9. The van der Waals surface area contributed by atoms with Crippen LogP contribution in [-0.2, 0) is 9.53 Å². The standard InChI is InChI=1S/C18H15Cl2NO3/c1-2-24-18(23)13-7-9-16(15(20)11-13)21-17(22)10-8-12-5-3-4-6-14(12)19/h3-11H,2H2,1H3,(H,21,22)/b10-8+. The van der Waals surface area contributed by atoms with E-state index in [2.05, 4.69) is 5.32 Å². The van der Waals surface area contributed by atoms with E-state index in [4.69, 9.17) is 27.9 Å². The zero-order chi connectivity index (χ0) is 17.5. The van der Waals surface area contributed by atoms with Crippen LogP contribution in [0.15, 0.2) is 48.5 Å². The van der Waals surface area contributed by atoms with Gasteiger partial charge in [-0.3, -0.25) is 4.79 Å². The predicted molar refractivity (Wildman–Crippen MR) is 96.5 cm³/mol. The van der Waals surface area contributed by atoms with Gasteiger partial charge in [-0.15, -0.1) is 0 Å². The van der Waals surface area contributed by atoms with Crippen LogP contribution in [-0.4, -0.2) is 18.5 Å². The number of hydrogen-bond donors (Lipinski definition) is 1. The largest absolute Gasteiger partial charge is 0.462 e. The second-order valence-electron chi connectivity index (χ2n) is 4.76. The van der Waals surface area contributed by atoms with Gasteiger partial charge in [0, 0.05) is 11.1 Å². The van der Waals surface area contributed by atoms with Crippen molar-refractivity contribution in [3.63, 3.8) is 0 Å². The lowest BCUT2D eigenvalue weighted by Crippen LogP contribution is -2.09. The van der Waals surface area contributed by atoms with Gasteiger partial charge in [0.05, 0.1) is 22.9 Å². The van der Waals surface area contributed by atoms with Gasteiger partial charge in [-0.25, -0.2) is 4.79 Å². The zero-order valence-corrected chi connectivity index (χ0v) is 14.4.